The molecule has 4 atom stereocenters. The van der Waals surface area contributed by atoms with Crippen molar-refractivity contribution in [3.8, 4) is 11.8 Å². The van der Waals surface area contributed by atoms with Crippen LogP contribution in [0.3, 0.4) is 0 Å². The molecule has 4 fully saturated rings. The summed E-state index contributed by atoms with van der Waals surface area (Å²) >= 11 is 0. The van der Waals surface area contributed by atoms with Gasteiger partial charge in [0.1, 0.15) is 23.9 Å². The van der Waals surface area contributed by atoms with Gasteiger partial charge in [0.15, 0.2) is 0 Å². The molecule has 43 heavy (non-hydrogen) atoms. The SMILES string of the molecule is CN(C(=O)[C@H](CC1CC1)NC(=O)C(F)(F)F)[C@@H](CC1CC1)C(=O)N1C[C@@]2(C[C@H]1C#N)Oc1ccccc1C1(CC1)NC2=O. The Hall–Kier alpha value is -3.82. The zero-order chi connectivity index (χ0) is 30.7. The number of benzene rings is 1. The van der Waals surface area contributed by atoms with E-state index in [4.69, 9.17) is 4.74 Å². The van der Waals surface area contributed by atoms with Gasteiger partial charge in [-0.2, -0.15) is 18.4 Å². The van der Waals surface area contributed by atoms with E-state index in [1.165, 1.54) is 11.9 Å². The molecule has 10 nitrogen and oxygen atoms in total. The standard InChI is InChI=1S/C30H34F3N5O5/c1-37(24(39)21(12-17-6-7-17)35-27(42)30(31,32)33)22(13-18-8-9-18)25(40)38-16-29(14-19(38)15-34)26(41)36-28(10-11-28)20-4-2-3-5-23(20)43-29/h2-5,17-19,21-22H,6-14,16H2,1H3,(H,35,42)(H,36,41)/t19-,21-,22-,29+/m0/s1. The molecule has 0 unspecified atom stereocenters. The maximum Gasteiger partial charge on any atom is 0.471 e. The summed E-state index contributed by atoms with van der Waals surface area (Å²) in [7, 11) is 1.35. The van der Waals surface area contributed by atoms with Gasteiger partial charge in [-0.15, -0.1) is 0 Å². The van der Waals surface area contributed by atoms with Gasteiger partial charge in [-0.05, 0) is 43.6 Å². The lowest BCUT2D eigenvalue weighted by Crippen LogP contribution is -2.58. The van der Waals surface area contributed by atoms with Gasteiger partial charge in [0, 0.05) is 19.0 Å². The Morgan fingerprint density at radius 1 is 1.16 bits per heavy atom. The van der Waals surface area contributed by atoms with Crippen LogP contribution in [0.1, 0.15) is 63.4 Å². The first-order valence-electron chi connectivity index (χ1n) is 14.8. The third-order valence-electron chi connectivity index (χ3n) is 9.46. The van der Waals surface area contributed by atoms with Crippen molar-refractivity contribution in [2.75, 3.05) is 13.6 Å². The number of halogens is 3. The predicted molar refractivity (Wildman–Crippen MR) is 144 cm³/mol. The fraction of sp³-hybridized carbons (Fsp3) is 0.633. The Labute approximate surface area is 246 Å². The van der Waals surface area contributed by atoms with Gasteiger partial charge in [0.2, 0.25) is 17.4 Å². The van der Waals surface area contributed by atoms with Crippen molar-refractivity contribution >= 4 is 23.6 Å². The highest BCUT2D eigenvalue weighted by Crippen LogP contribution is 2.52. The number of likely N-dealkylation sites (tertiary alicyclic amines) is 1. The molecule has 2 aliphatic heterocycles. The lowest BCUT2D eigenvalue weighted by Gasteiger charge is -2.34. The fourth-order valence-electron chi connectivity index (χ4n) is 6.42. The highest BCUT2D eigenvalue weighted by Gasteiger charge is 2.60. The predicted octanol–water partition coefficient (Wildman–Crippen LogP) is 2.52. The van der Waals surface area contributed by atoms with Crippen LogP contribution in [-0.4, -0.2) is 76.9 Å². The van der Waals surface area contributed by atoms with E-state index in [2.05, 4.69) is 11.4 Å². The van der Waals surface area contributed by atoms with E-state index in [9.17, 15) is 37.6 Å². The first-order valence-corrected chi connectivity index (χ1v) is 14.8. The molecule has 13 heteroatoms. The number of ether oxygens (including phenoxy) is 1. The van der Waals surface area contributed by atoms with Gasteiger partial charge in [-0.1, -0.05) is 43.9 Å². The summed E-state index contributed by atoms with van der Waals surface area (Å²) in [6, 6.07) is 5.86. The smallest absolute Gasteiger partial charge is 0.471 e. The fourth-order valence-corrected chi connectivity index (χ4v) is 6.42. The Morgan fingerprint density at radius 2 is 1.81 bits per heavy atom. The van der Waals surface area contributed by atoms with Crippen molar-refractivity contribution in [1.82, 2.24) is 20.4 Å². The number of hydrogen-bond acceptors (Lipinski definition) is 6. The molecule has 0 radical (unpaired) electrons. The van der Waals surface area contributed by atoms with Crippen LogP contribution in [0, 0.1) is 23.2 Å². The van der Waals surface area contributed by atoms with Gasteiger partial charge >= 0.3 is 12.1 Å². The lowest BCUT2D eigenvalue weighted by molar-refractivity contribution is -0.175. The summed E-state index contributed by atoms with van der Waals surface area (Å²) in [5.41, 5.74) is -1.23. The van der Waals surface area contributed by atoms with E-state index < -0.39 is 59.1 Å². The molecule has 4 amide bonds. The second-order valence-electron chi connectivity index (χ2n) is 12.8. The van der Waals surface area contributed by atoms with Crippen LogP contribution < -0.4 is 15.4 Å². The van der Waals surface area contributed by atoms with Gasteiger partial charge in [0.25, 0.3) is 5.91 Å². The third kappa shape index (κ3) is 5.63. The molecular weight excluding hydrogens is 567 g/mol. The molecular formula is C30H34F3N5O5. The molecule has 2 spiro atoms. The van der Waals surface area contributed by atoms with Crippen molar-refractivity contribution in [3.05, 3.63) is 29.8 Å². The average Bonchev–Trinajstić information content (AvgIpc) is 3.85. The van der Waals surface area contributed by atoms with Gasteiger partial charge in [-0.3, -0.25) is 19.2 Å². The number of carbonyl (C=O) groups is 4. The summed E-state index contributed by atoms with van der Waals surface area (Å²) in [6.45, 7) is -0.222. The van der Waals surface area contributed by atoms with E-state index in [-0.39, 0.29) is 37.6 Å². The van der Waals surface area contributed by atoms with Crippen LogP contribution in [0.15, 0.2) is 24.3 Å². The molecule has 1 aromatic carbocycles. The molecule has 2 N–H and O–H groups in total. The van der Waals surface area contributed by atoms with Crippen molar-refractivity contribution in [2.45, 2.75) is 93.2 Å². The van der Waals surface area contributed by atoms with Crippen molar-refractivity contribution < 1.29 is 37.1 Å². The number of nitriles is 1. The van der Waals surface area contributed by atoms with Crippen molar-refractivity contribution in [2.24, 2.45) is 11.8 Å². The summed E-state index contributed by atoms with van der Waals surface area (Å²) in [6.07, 6.45) is -0.320. The Kier molecular flexibility index (Phi) is 7.09. The summed E-state index contributed by atoms with van der Waals surface area (Å²) in [5, 5.41) is 15.0. The van der Waals surface area contributed by atoms with Crippen LogP contribution in [0.2, 0.25) is 0 Å². The second kappa shape index (κ2) is 10.4. The molecule has 2 heterocycles. The molecule has 3 aliphatic carbocycles. The molecule has 230 valence electrons. The van der Waals surface area contributed by atoms with Crippen LogP contribution in [-0.2, 0) is 24.7 Å². The normalized spacial score (nSPS) is 26.8. The monoisotopic (exact) mass is 601 g/mol. The topological polar surface area (TPSA) is 132 Å². The first kappa shape index (κ1) is 29.3. The number of carbonyl (C=O) groups excluding carboxylic acids is 4. The molecule has 0 aromatic heterocycles. The minimum atomic E-state index is -5.16. The molecule has 1 saturated heterocycles. The Morgan fingerprint density at radius 3 is 2.42 bits per heavy atom. The molecule has 1 aromatic rings. The van der Waals surface area contributed by atoms with Crippen molar-refractivity contribution in [3.63, 3.8) is 0 Å². The van der Waals surface area contributed by atoms with Crippen LogP contribution in [0.4, 0.5) is 13.2 Å². The van der Waals surface area contributed by atoms with E-state index in [0.717, 1.165) is 49.0 Å². The Balaban J connectivity index is 1.26. The summed E-state index contributed by atoms with van der Waals surface area (Å²) in [4.78, 5) is 55.7. The van der Waals surface area contributed by atoms with Crippen LogP contribution in [0.25, 0.3) is 0 Å². The first-order chi connectivity index (χ1) is 20.4. The highest BCUT2D eigenvalue weighted by molar-refractivity contribution is 5.95. The maximum atomic E-state index is 14.2. The van der Waals surface area contributed by atoms with E-state index in [0.29, 0.717) is 5.75 Å². The zero-order valence-electron chi connectivity index (χ0n) is 23.8. The zero-order valence-corrected chi connectivity index (χ0v) is 23.8. The number of alkyl halides is 3. The highest BCUT2D eigenvalue weighted by atomic mass is 19.4. The number of para-hydroxylation sites is 1. The summed E-state index contributed by atoms with van der Waals surface area (Å²) < 4.78 is 45.6. The number of amides is 4. The number of nitrogens with one attached hydrogen (secondary N) is 2. The second-order valence-corrected chi connectivity index (χ2v) is 12.8. The lowest BCUT2D eigenvalue weighted by atomic mass is 9.98. The van der Waals surface area contributed by atoms with Crippen LogP contribution >= 0.6 is 0 Å². The number of fused-ring (bicyclic) bond motifs is 2. The molecule has 3 saturated carbocycles. The van der Waals surface area contributed by atoms with Crippen LogP contribution in [0.5, 0.6) is 5.75 Å². The Bertz CT molecular complexity index is 1380. The van der Waals surface area contributed by atoms with E-state index in [1.54, 1.807) is 12.1 Å². The van der Waals surface area contributed by atoms with E-state index >= 15 is 0 Å². The van der Waals surface area contributed by atoms with Gasteiger partial charge in [-0.25, -0.2) is 0 Å². The third-order valence-corrected chi connectivity index (χ3v) is 9.46. The number of nitrogens with zero attached hydrogens (tertiary/aromatic N) is 3. The molecule has 0 bridgehead atoms. The minimum absolute atomic E-state index is 0.0124. The van der Waals surface area contributed by atoms with Gasteiger partial charge < -0.3 is 25.2 Å². The number of likely N-dealkylation sites (N-methyl/N-ethyl adjacent to an activating group) is 1. The molecule has 6 rings (SSSR count). The minimum Gasteiger partial charge on any atom is -0.475 e. The maximum absolute atomic E-state index is 14.2. The average molecular weight is 602 g/mol. The summed E-state index contributed by atoms with van der Waals surface area (Å²) in [5.74, 6) is -3.34. The van der Waals surface area contributed by atoms with Gasteiger partial charge in [0.05, 0.1) is 18.2 Å². The quantitative estimate of drug-likeness (QED) is 0.471. The molecule has 5 aliphatic rings. The van der Waals surface area contributed by atoms with E-state index in [1.807, 2.05) is 17.4 Å². The number of hydrogen-bond donors (Lipinski definition) is 2. The number of rotatable bonds is 8. The van der Waals surface area contributed by atoms with Crippen molar-refractivity contribution in [1.29, 1.82) is 5.26 Å². The largest absolute Gasteiger partial charge is 0.475 e.